The van der Waals surface area contributed by atoms with Crippen LogP contribution in [0.2, 0.25) is 0 Å². The van der Waals surface area contributed by atoms with Gasteiger partial charge in [0.1, 0.15) is 11.4 Å². The molecule has 3 N–H and O–H groups in total. The van der Waals surface area contributed by atoms with Crippen LogP contribution in [0, 0.1) is 5.82 Å². The number of aromatic amines is 2. The summed E-state index contributed by atoms with van der Waals surface area (Å²) in [5, 5.41) is 4.05. The molecule has 0 fully saturated rings. The SMILES string of the molecule is CC(C)(C)c1cc2cc[nH]c2cc1NC(=O)c1c[nH]c2c(F)cccc2c1=O. The van der Waals surface area contributed by atoms with E-state index in [0.29, 0.717) is 5.69 Å². The zero-order valence-corrected chi connectivity index (χ0v) is 15.8. The Balaban J connectivity index is 1.80. The van der Waals surface area contributed by atoms with Crippen LogP contribution in [0.25, 0.3) is 21.8 Å². The Bertz CT molecular complexity index is 1280. The summed E-state index contributed by atoms with van der Waals surface area (Å²) < 4.78 is 13.9. The first kappa shape index (κ1) is 18.0. The van der Waals surface area contributed by atoms with Gasteiger partial charge in [-0.1, -0.05) is 26.8 Å². The van der Waals surface area contributed by atoms with Crippen LogP contribution < -0.4 is 10.7 Å². The van der Waals surface area contributed by atoms with Gasteiger partial charge < -0.3 is 15.3 Å². The van der Waals surface area contributed by atoms with Crippen LogP contribution in [0.4, 0.5) is 10.1 Å². The quantitative estimate of drug-likeness (QED) is 0.474. The van der Waals surface area contributed by atoms with E-state index in [4.69, 9.17) is 0 Å². The molecule has 0 saturated heterocycles. The highest BCUT2D eigenvalue weighted by Gasteiger charge is 2.22. The number of anilines is 1. The molecule has 2 heterocycles. The van der Waals surface area contributed by atoms with Crippen LogP contribution >= 0.6 is 0 Å². The van der Waals surface area contributed by atoms with E-state index in [1.807, 2.05) is 24.4 Å². The van der Waals surface area contributed by atoms with Crippen LogP contribution in [-0.2, 0) is 5.41 Å². The van der Waals surface area contributed by atoms with Gasteiger partial charge in [0, 0.05) is 29.0 Å². The van der Waals surface area contributed by atoms with Gasteiger partial charge in [0.2, 0.25) is 5.43 Å². The molecule has 0 aliphatic heterocycles. The molecule has 1 amide bonds. The molecule has 0 atom stereocenters. The summed E-state index contributed by atoms with van der Waals surface area (Å²) in [5.74, 6) is -1.07. The largest absolute Gasteiger partial charge is 0.361 e. The molecule has 0 aliphatic carbocycles. The van der Waals surface area contributed by atoms with Crippen molar-refractivity contribution in [2.45, 2.75) is 26.2 Å². The molecular formula is C22H20FN3O2. The standard InChI is InChI=1S/C22H20FN3O2/c1-22(2,3)15-9-12-7-8-24-17(12)10-18(15)26-21(28)14-11-25-19-13(20(14)27)5-4-6-16(19)23/h4-11,24H,1-3H3,(H,25,27)(H,26,28). The number of H-pyrrole nitrogens is 2. The van der Waals surface area contributed by atoms with Crippen molar-refractivity contribution >= 4 is 33.4 Å². The third-order valence-corrected chi connectivity index (χ3v) is 4.86. The molecular weight excluding hydrogens is 357 g/mol. The van der Waals surface area contributed by atoms with Crippen LogP contribution in [0.5, 0.6) is 0 Å². The maximum absolute atomic E-state index is 13.9. The molecule has 0 radical (unpaired) electrons. The molecule has 0 unspecified atom stereocenters. The van der Waals surface area contributed by atoms with Crippen molar-refractivity contribution in [3.8, 4) is 0 Å². The van der Waals surface area contributed by atoms with E-state index in [-0.39, 0.29) is 21.9 Å². The molecule has 2 aromatic heterocycles. The maximum atomic E-state index is 13.9. The second-order valence-corrected chi connectivity index (χ2v) is 7.86. The minimum Gasteiger partial charge on any atom is -0.361 e. The smallest absolute Gasteiger partial charge is 0.261 e. The number of para-hydroxylation sites is 1. The van der Waals surface area contributed by atoms with Gasteiger partial charge in [0.15, 0.2) is 0 Å². The number of hydrogen-bond acceptors (Lipinski definition) is 2. The molecule has 0 spiro atoms. The lowest BCUT2D eigenvalue weighted by molar-refractivity contribution is 0.102. The van der Waals surface area contributed by atoms with Gasteiger partial charge in [-0.3, -0.25) is 9.59 Å². The van der Waals surface area contributed by atoms with Crippen LogP contribution in [0.1, 0.15) is 36.7 Å². The van der Waals surface area contributed by atoms with E-state index < -0.39 is 17.2 Å². The number of fused-ring (bicyclic) bond motifs is 2. The zero-order valence-electron chi connectivity index (χ0n) is 15.8. The number of pyridine rings is 1. The number of halogens is 1. The molecule has 0 saturated carbocycles. The van der Waals surface area contributed by atoms with E-state index in [2.05, 4.69) is 36.1 Å². The molecule has 4 rings (SSSR count). The first-order valence-electron chi connectivity index (χ1n) is 8.98. The van der Waals surface area contributed by atoms with E-state index in [1.54, 1.807) is 0 Å². The summed E-state index contributed by atoms with van der Waals surface area (Å²) in [5.41, 5.74) is 1.77. The van der Waals surface area contributed by atoms with Crippen molar-refractivity contribution < 1.29 is 9.18 Å². The number of hydrogen-bond donors (Lipinski definition) is 3. The predicted octanol–water partition coefficient (Wildman–Crippen LogP) is 4.70. The van der Waals surface area contributed by atoms with Crippen LogP contribution in [0.3, 0.4) is 0 Å². The first-order valence-corrected chi connectivity index (χ1v) is 8.98. The minimum atomic E-state index is -0.538. The van der Waals surface area contributed by atoms with Crippen LogP contribution in [0.15, 0.2) is 53.6 Å². The van der Waals surface area contributed by atoms with Crippen molar-refractivity contribution in [1.29, 1.82) is 0 Å². The Hall–Kier alpha value is -3.41. The molecule has 6 heteroatoms. The lowest BCUT2D eigenvalue weighted by Crippen LogP contribution is -2.24. The van der Waals surface area contributed by atoms with Crippen molar-refractivity contribution in [3.05, 3.63) is 76.0 Å². The summed E-state index contributed by atoms with van der Waals surface area (Å²) in [7, 11) is 0. The average Bonchev–Trinajstić information content (AvgIpc) is 3.08. The Morgan fingerprint density at radius 3 is 2.64 bits per heavy atom. The molecule has 0 aliphatic rings. The topological polar surface area (TPSA) is 77.8 Å². The lowest BCUT2D eigenvalue weighted by atomic mass is 9.85. The second kappa shape index (κ2) is 6.34. The summed E-state index contributed by atoms with van der Waals surface area (Å²) >= 11 is 0. The summed E-state index contributed by atoms with van der Waals surface area (Å²) in [6.45, 7) is 6.17. The average molecular weight is 377 g/mol. The maximum Gasteiger partial charge on any atom is 0.261 e. The third kappa shape index (κ3) is 2.97. The number of carbonyl (C=O) groups is 1. The highest BCUT2D eigenvalue weighted by molar-refractivity contribution is 6.07. The Morgan fingerprint density at radius 1 is 1.11 bits per heavy atom. The van der Waals surface area contributed by atoms with Gasteiger partial charge >= 0.3 is 0 Å². The van der Waals surface area contributed by atoms with E-state index in [9.17, 15) is 14.0 Å². The van der Waals surface area contributed by atoms with Crippen LogP contribution in [-0.4, -0.2) is 15.9 Å². The van der Waals surface area contributed by atoms with Gasteiger partial charge in [-0.2, -0.15) is 0 Å². The third-order valence-electron chi connectivity index (χ3n) is 4.86. The van der Waals surface area contributed by atoms with Gasteiger partial charge in [-0.05, 0) is 46.7 Å². The number of aromatic nitrogens is 2. The Kier molecular flexibility index (Phi) is 4.07. The first-order chi connectivity index (χ1) is 13.3. The fraction of sp³-hybridized carbons (Fsp3) is 0.182. The predicted molar refractivity (Wildman–Crippen MR) is 109 cm³/mol. The van der Waals surface area contributed by atoms with Crippen molar-refractivity contribution in [1.82, 2.24) is 9.97 Å². The normalized spacial score (nSPS) is 11.9. The lowest BCUT2D eigenvalue weighted by Gasteiger charge is -2.23. The highest BCUT2D eigenvalue weighted by Crippen LogP contribution is 2.33. The fourth-order valence-corrected chi connectivity index (χ4v) is 3.40. The molecule has 142 valence electrons. The highest BCUT2D eigenvalue weighted by atomic mass is 19.1. The summed E-state index contributed by atoms with van der Waals surface area (Å²) in [6.07, 6.45) is 3.10. The van der Waals surface area contributed by atoms with Crippen molar-refractivity contribution in [2.75, 3.05) is 5.32 Å². The number of nitrogens with one attached hydrogen (secondary N) is 3. The number of rotatable bonds is 2. The van der Waals surface area contributed by atoms with E-state index >= 15 is 0 Å². The molecule has 0 bridgehead atoms. The molecule has 28 heavy (non-hydrogen) atoms. The summed E-state index contributed by atoms with van der Waals surface area (Å²) in [6, 6.07) is 10.1. The number of benzene rings is 2. The van der Waals surface area contributed by atoms with E-state index in [0.717, 1.165) is 16.5 Å². The fourth-order valence-electron chi connectivity index (χ4n) is 3.40. The molecule has 5 nitrogen and oxygen atoms in total. The number of carbonyl (C=O) groups excluding carboxylic acids is 1. The van der Waals surface area contributed by atoms with Gasteiger partial charge in [0.25, 0.3) is 5.91 Å². The van der Waals surface area contributed by atoms with Crippen molar-refractivity contribution in [2.24, 2.45) is 0 Å². The monoisotopic (exact) mass is 377 g/mol. The Labute approximate surface area is 160 Å². The zero-order chi connectivity index (χ0) is 20.1. The van der Waals surface area contributed by atoms with Gasteiger partial charge in [0.05, 0.1) is 5.52 Å². The minimum absolute atomic E-state index is 0.0652. The van der Waals surface area contributed by atoms with Crippen molar-refractivity contribution in [3.63, 3.8) is 0 Å². The second-order valence-electron chi connectivity index (χ2n) is 7.86. The Morgan fingerprint density at radius 2 is 1.89 bits per heavy atom. The van der Waals surface area contributed by atoms with Gasteiger partial charge in [-0.15, -0.1) is 0 Å². The molecule has 4 aromatic rings. The van der Waals surface area contributed by atoms with Gasteiger partial charge in [-0.25, -0.2) is 4.39 Å². The summed E-state index contributed by atoms with van der Waals surface area (Å²) in [4.78, 5) is 31.4. The van der Waals surface area contributed by atoms with E-state index in [1.165, 1.54) is 24.4 Å². The number of amides is 1. The molecule has 2 aromatic carbocycles.